The lowest BCUT2D eigenvalue weighted by Gasteiger charge is -2.62. The van der Waals surface area contributed by atoms with Crippen molar-refractivity contribution in [3.05, 3.63) is 35.5 Å². The summed E-state index contributed by atoms with van der Waals surface area (Å²) >= 11 is 0. The summed E-state index contributed by atoms with van der Waals surface area (Å²) in [7, 11) is 0. The van der Waals surface area contributed by atoms with Crippen LogP contribution in [0.5, 0.6) is 0 Å². The van der Waals surface area contributed by atoms with E-state index in [4.69, 9.17) is 0 Å². The second-order valence-corrected chi connectivity index (χ2v) is 5.48. The highest BCUT2D eigenvalue weighted by Crippen LogP contribution is 2.69. The van der Waals surface area contributed by atoms with Gasteiger partial charge in [-0.1, -0.05) is 49.3 Å². The number of allylic oxidation sites excluding steroid dienone is 6. The van der Waals surface area contributed by atoms with Gasteiger partial charge in [-0.25, -0.2) is 0 Å². The molecule has 14 heavy (non-hydrogen) atoms. The molecule has 0 saturated heterocycles. The molecule has 0 N–H and O–H groups in total. The first kappa shape index (κ1) is 8.52. The van der Waals surface area contributed by atoms with Crippen LogP contribution in [0.2, 0.25) is 0 Å². The number of rotatable bonds is 0. The van der Waals surface area contributed by atoms with E-state index in [0.717, 1.165) is 0 Å². The second kappa shape index (κ2) is 2.42. The van der Waals surface area contributed by atoms with Crippen LogP contribution in [0.1, 0.15) is 39.5 Å². The molecule has 2 atom stereocenters. The van der Waals surface area contributed by atoms with Gasteiger partial charge in [-0.15, -0.1) is 0 Å². The fourth-order valence-corrected chi connectivity index (χ4v) is 3.73. The summed E-state index contributed by atoms with van der Waals surface area (Å²) in [5.74, 6) is 0. The number of hydrogen-bond acceptors (Lipinski definition) is 0. The predicted molar refractivity (Wildman–Crippen MR) is 60.0 cm³/mol. The zero-order valence-electron chi connectivity index (χ0n) is 9.14. The van der Waals surface area contributed by atoms with E-state index >= 15 is 0 Å². The largest absolute Gasteiger partial charge is 0.0623 e. The number of hydrogen-bond donors (Lipinski definition) is 0. The van der Waals surface area contributed by atoms with Gasteiger partial charge in [0.05, 0.1) is 0 Å². The average Bonchev–Trinajstić information content (AvgIpc) is 2.31. The topological polar surface area (TPSA) is 0 Å². The predicted octanol–water partition coefficient (Wildman–Crippen LogP) is 4.01. The molecule has 0 nitrogen and oxygen atoms in total. The van der Waals surface area contributed by atoms with Gasteiger partial charge in [0.25, 0.3) is 0 Å². The van der Waals surface area contributed by atoms with Crippen LogP contribution in [0.3, 0.4) is 0 Å². The Morgan fingerprint density at radius 3 is 2.57 bits per heavy atom. The van der Waals surface area contributed by atoms with E-state index in [1.54, 1.807) is 11.1 Å². The molecule has 0 radical (unpaired) electrons. The van der Waals surface area contributed by atoms with Crippen LogP contribution >= 0.6 is 0 Å². The molecule has 3 rings (SSSR count). The lowest BCUT2D eigenvalue weighted by atomic mass is 9.42. The summed E-state index contributed by atoms with van der Waals surface area (Å²) in [6, 6.07) is 0. The monoisotopic (exact) mass is 186 g/mol. The quantitative estimate of drug-likeness (QED) is 0.536. The van der Waals surface area contributed by atoms with Crippen molar-refractivity contribution in [3.63, 3.8) is 0 Å². The summed E-state index contributed by atoms with van der Waals surface area (Å²) in [5.41, 5.74) is 4.32. The Morgan fingerprint density at radius 2 is 1.79 bits per heavy atom. The third kappa shape index (κ3) is 0.762. The summed E-state index contributed by atoms with van der Waals surface area (Å²) in [6.45, 7) is 4.93. The van der Waals surface area contributed by atoms with Gasteiger partial charge in [0, 0.05) is 5.41 Å². The molecule has 2 saturated carbocycles. The van der Waals surface area contributed by atoms with Crippen molar-refractivity contribution in [3.8, 4) is 0 Å². The molecule has 0 bridgehead atoms. The maximum absolute atomic E-state index is 2.47. The second-order valence-electron chi connectivity index (χ2n) is 5.48. The molecule has 3 aliphatic carbocycles. The van der Waals surface area contributed by atoms with Crippen LogP contribution < -0.4 is 0 Å². The van der Waals surface area contributed by atoms with Gasteiger partial charge in [-0.3, -0.25) is 0 Å². The fourth-order valence-electron chi connectivity index (χ4n) is 3.73. The molecular formula is C14H18. The van der Waals surface area contributed by atoms with E-state index in [9.17, 15) is 0 Å². The van der Waals surface area contributed by atoms with Crippen molar-refractivity contribution in [1.29, 1.82) is 0 Å². The highest BCUT2D eigenvalue weighted by atomic mass is 14.6. The first-order valence-corrected chi connectivity index (χ1v) is 5.74. The molecule has 0 aliphatic heterocycles. The molecule has 0 heteroatoms. The standard InChI is InChI=1S/C14H18/c1-13-9-5-8-11-6-3-4-7-12(10-13)14(11,13)2/h3-4,6-7H,5,8-10H2,1-2H3. The normalized spacial score (nSPS) is 44.4. The molecule has 0 heterocycles. The minimum atomic E-state index is 0.411. The summed E-state index contributed by atoms with van der Waals surface area (Å²) in [5, 5.41) is 0. The molecule has 0 aromatic carbocycles. The van der Waals surface area contributed by atoms with Crippen LogP contribution in [0, 0.1) is 10.8 Å². The van der Waals surface area contributed by atoms with Gasteiger partial charge in [0.2, 0.25) is 0 Å². The van der Waals surface area contributed by atoms with Gasteiger partial charge in [-0.2, -0.15) is 0 Å². The zero-order chi connectivity index (χ0) is 9.81. The van der Waals surface area contributed by atoms with Crippen LogP contribution in [0.25, 0.3) is 0 Å². The Labute approximate surface area is 86.4 Å². The molecule has 74 valence electrons. The van der Waals surface area contributed by atoms with Gasteiger partial charge >= 0.3 is 0 Å². The maximum Gasteiger partial charge on any atom is 0.0155 e. The Kier molecular flexibility index (Phi) is 1.47. The minimum absolute atomic E-state index is 0.411. The van der Waals surface area contributed by atoms with E-state index in [-0.39, 0.29) is 0 Å². The molecule has 0 spiro atoms. The summed E-state index contributed by atoms with van der Waals surface area (Å²) in [4.78, 5) is 0. The lowest BCUT2D eigenvalue weighted by Crippen LogP contribution is -2.52. The molecule has 2 fully saturated rings. The molecule has 0 aromatic rings. The average molecular weight is 186 g/mol. The third-order valence-electron chi connectivity index (χ3n) is 4.95. The van der Waals surface area contributed by atoms with Gasteiger partial charge in [0.15, 0.2) is 0 Å². The van der Waals surface area contributed by atoms with Crippen LogP contribution in [-0.4, -0.2) is 0 Å². The van der Waals surface area contributed by atoms with Crippen molar-refractivity contribution >= 4 is 0 Å². The SMILES string of the molecule is CC12CCCC3=CC=CC=C(C1)C32C. The Morgan fingerprint density at radius 1 is 1.07 bits per heavy atom. The van der Waals surface area contributed by atoms with Crippen molar-refractivity contribution in [2.24, 2.45) is 10.8 Å². The van der Waals surface area contributed by atoms with E-state index in [2.05, 4.69) is 38.2 Å². The molecule has 0 aromatic heterocycles. The Hall–Kier alpha value is -0.780. The van der Waals surface area contributed by atoms with Crippen molar-refractivity contribution in [2.45, 2.75) is 39.5 Å². The highest BCUT2D eigenvalue weighted by Gasteiger charge is 2.58. The van der Waals surface area contributed by atoms with Crippen molar-refractivity contribution in [1.82, 2.24) is 0 Å². The van der Waals surface area contributed by atoms with Crippen molar-refractivity contribution in [2.75, 3.05) is 0 Å². The van der Waals surface area contributed by atoms with Crippen molar-refractivity contribution < 1.29 is 0 Å². The molecular weight excluding hydrogens is 168 g/mol. The van der Waals surface area contributed by atoms with E-state index < -0.39 is 0 Å². The summed E-state index contributed by atoms with van der Waals surface area (Å²) < 4.78 is 0. The fraction of sp³-hybridized carbons (Fsp3) is 0.571. The minimum Gasteiger partial charge on any atom is -0.0623 e. The van der Waals surface area contributed by atoms with E-state index in [0.29, 0.717) is 10.8 Å². The van der Waals surface area contributed by atoms with Crippen LogP contribution in [-0.2, 0) is 0 Å². The Balaban J connectivity index is 2.16. The first-order chi connectivity index (χ1) is 6.67. The lowest BCUT2D eigenvalue weighted by molar-refractivity contribution is 0.0242. The van der Waals surface area contributed by atoms with Gasteiger partial charge in [0.1, 0.15) is 0 Å². The maximum atomic E-state index is 2.47. The molecule has 3 aliphatic rings. The summed E-state index contributed by atoms with van der Waals surface area (Å²) in [6.07, 6.45) is 14.6. The third-order valence-corrected chi connectivity index (χ3v) is 4.95. The highest BCUT2D eigenvalue weighted by molar-refractivity contribution is 5.47. The Bertz CT molecular complexity index is 369. The first-order valence-electron chi connectivity index (χ1n) is 5.74. The van der Waals surface area contributed by atoms with Crippen LogP contribution in [0.4, 0.5) is 0 Å². The van der Waals surface area contributed by atoms with E-state index in [1.165, 1.54) is 25.7 Å². The molecule has 0 amide bonds. The van der Waals surface area contributed by atoms with Crippen LogP contribution in [0.15, 0.2) is 35.5 Å². The zero-order valence-corrected chi connectivity index (χ0v) is 9.14. The molecule has 2 unspecified atom stereocenters. The smallest absolute Gasteiger partial charge is 0.0155 e. The van der Waals surface area contributed by atoms with E-state index in [1.807, 2.05) is 0 Å². The van der Waals surface area contributed by atoms with Gasteiger partial charge < -0.3 is 0 Å². The van der Waals surface area contributed by atoms with Gasteiger partial charge in [-0.05, 0) is 31.1 Å².